The SMILES string of the molecule is NC(=O)[C@@]1(S(=O)(=O)c2ccccc2)CCCc2ccccc21. The largest absolute Gasteiger partial charge is 0.368 e. The molecule has 5 heteroatoms. The molecule has 2 N–H and O–H groups in total. The zero-order valence-electron chi connectivity index (χ0n) is 12.0. The molecule has 3 rings (SSSR count). The second-order valence-electron chi connectivity index (χ2n) is 5.52. The lowest BCUT2D eigenvalue weighted by molar-refractivity contribution is -0.121. The number of fused-ring (bicyclic) bond motifs is 1. The van der Waals surface area contributed by atoms with Crippen LogP contribution in [0.4, 0.5) is 0 Å². The van der Waals surface area contributed by atoms with Gasteiger partial charge in [-0.3, -0.25) is 4.79 Å². The molecule has 2 aromatic carbocycles. The summed E-state index contributed by atoms with van der Waals surface area (Å²) in [5.41, 5.74) is 7.03. The molecular weight excluding hydrogens is 298 g/mol. The van der Waals surface area contributed by atoms with Gasteiger partial charge in [0, 0.05) is 0 Å². The average molecular weight is 315 g/mol. The fourth-order valence-corrected chi connectivity index (χ4v) is 5.35. The van der Waals surface area contributed by atoms with Gasteiger partial charge < -0.3 is 5.73 Å². The van der Waals surface area contributed by atoms with E-state index < -0.39 is 20.5 Å². The van der Waals surface area contributed by atoms with Crippen molar-refractivity contribution >= 4 is 15.7 Å². The minimum Gasteiger partial charge on any atom is -0.368 e. The summed E-state index contributed by atoms with van der Waals surface area (Å²) in [5, 5.41) is 0. The lowest BCUT2D eigenvalue weighted by atomic mass is 9.81. The quantitative estimate of drug-likeness (QED) is 0.943. The Hall–Kier alpha value is -2.14. The van der Waals surface area contributed by atoms with E-state index in [1.54, 1.807) is 30.3 Å². The number of sulfone groups is 1. The van der Waals surface area contributed by atoms with Gasteiger partial charge in [-0.2, -0.15) is 0 Å². The Morgan fingerprint density at radius 2 is 1.64 bits per heavy atom. The molecule has 1 amide bonds. The Bertz CT molecular complexity index is 815. The first-order valence-corrected chi connectivity index (χ1v) is 8.66. The first-order valence-electron chi connectivity index (χ1n) is 7.18. The molecular formula is C17H17NO3S. The molecule has 2 aromatic rings. The highest BCUT2D eigenvalue weighted by Crippen LogP contribution is 2.44. The molecule has 0 radical (unpaired) electrons. The molecule has 22 heavy (non-hydrogen) atoms. The molecule has 0 saturated carbocycles. The second kappa shape index (κ2) is 5.25. The molecule has 0 spiro atoms. The number of rotatable bonds is 3. The standard InChI is InChI=1S/C17H17NO3S/c18-16(19)17(22(20,21)14-9-2-1-3-10-14)12-6-8-13-7-4-5-11-15(13)17/h1-5,7,9-11H,6,8,12H2,(H2,18,19)/t17-/m1/s1. The van der Waals surface area contributed by atoms with E-state index in [-0.39, 0.29) is 11.3 Å². The van der Waals surface area contributed by atoms with E-state index in [4.69, 9.17) is 5.73 Å². The number of nitrogens with two attached hydrogens (primary N) is 1. The van der Waals surface area contributed by atoms with Crippen molar-refractivity contribution in [1.82, 2.24) is 0 Å². The van der Waals surface area contributed by atoms with Crippen LogP contribution in [-0.2, 0) is 25.8 Å². The van der Waals surface area contributed by atoms with Gasteiger partial charge in [-0.05, 0) is 42.5 Å². The minimum atomic E-state index is -3.91. The van der Waals surface area contributed by atoms with Crippen molar-refractivity contribution in [3.8, 4) is 0 Å². The van der Waals surface area contributed by atoms with Gasteiger partial charge in [0.2, 0.25) is 5.91 Å². The zero-order valence-corrected chi connectivity index (χ0v) is 12.8. The third-order valence-electron chi connectivity index (χ3n) is 4.34. The van der Waals surface area contributed by atoms with Gasteiger partial charge in [-0.25, -0.2) is 8.42 Å². The van der Waals surface area contributed by atoms with Crippen LogP contribution in [0.2, 0.25) is 0 Å². The van der Waals surface area contributed by atoms with Crippen LogP contribution >= 0.6 is 0 Å². The first kappa shape index (κ1) is 14.8. The van der Waals surface area contributed by atoms with E-state index in [0.29, 0.717) is 12.0 Å². The molecule has 0 saturated heterocycles. The highest BCUT2D eigenvalue weighted by atomic mass is 32.2. The number of hydrogen-bond donors (Lipinski definition) is 1. The summed E-state index contributed by atoms with van der Waals surface area (Å²) in [7, 11) is -3.91. The molecule has 114 valence electrons. The molecule has 1 aliphatic carbocycles. The van der Waals surface area contributed by atoms with Crippen LogP contribution in [0.1, 0.15) is 24.0 Å². The van der Waals surface area contributed by atoms with E-state index in [1.165, 1.54) is 12.1 Å². The van der Waals surface area contributed by atoms with E-state index >= 15 is 0 Å². The second-order valence-corrected chi connectivity index (χ2v) is 7.69. The normalized spacial score (nSPS) is 21.1. The molecule has 0 heterocycles. The highest BCUT2D eigenvalue weighted by molar-refractivity contribution is 7.93. The molecule has 4 nitrogen and oxygen atoms in total. The zero-order chi connectivity index (χ0) is 15.8. The summed E-state index contributed by atoms with van der Waals surface area (Å²) < 4.78 is 24.7. The molecule has 0 aromatic heterocycles. The van der Waals surface area contributed by atoms with E-state index in [9.17, 15) is 13.2 Å². The summed E-state index contributed by atoms with van der Waals surface area (Å²) in [4.78, 5) is 12.4. The number of hydrogen-bond acceptors (Lipinski definition) is 3. The van der Waals surface area contributed by atoms with E-state index in [1.807, 2.05) is 12.1 Å². The maximum Gasteiger partial charge on any atom is 0.243 e. The van der Waals surface area contributed by atoms with Crippen LogP contribution in [0.15, 0.2) is 59.5 Å². The molecule has 0 aliphatic heterocycles. The summed E-state index contributed by atoms with van der Waals surface area (Å²) in [6.07, 6.45) is 1.60. The van der Waals surface area contributed by atoms with Crippen LogP contribution in [0.3, 0.4) is 0 Å². The summed E-state index contributed by atoms with van der Waals surface area (Å²) in [6.45, 7) is 0. The Morgan fingerprint density at radius 3 is 2.32 bits per heavy atom. The predicted molar refractivity (Wildman–Crippen MR) is 83.9 cm³/mol. The maximum atomic E-state index is 13.2. The Kier molecular flexibility index (Phi) is 3.53. The number of benzene rings is 2. The highest BCUT2D eigenvalue weighted by Gasteiger charge is 2.53. The van der Waals surface area contributed by atoms with Crippen LogP contribution < -0.4 is 5.73 Å². The van der Waals surface area contributed by atoms with Crippen molar-refractivity contribution in [3.63, 3.8) is 0 Å². The van der Waals surface area contributed by atoms with Crippen LogP contribution in [-0.4, -0.2) is 14.3 Å². The van der Waals surface area contributed by atoms with E-state index in [2.05, 4.69) is 0 Å². The van der Waals surface area contributed by atoms with Crippen molar-refractivity contribution in [2.24, 2.45) is 5.73 Å². The van der Waals surface area contributed by atoms with Crippen LogP contribution in [0, 0.1) is 0 Å². The lowest BCUT2D eigenvalue weighted by Gasteiger charge is -2.35. The Labute approximate surface area is 129 Å². The van der Waals surface area contributed by atoms with Gasteiger partial charge in [-0.1, -0.05) is 42.5 Å². The minimum absolute atomic E-state index is 0.130. The smallest absolute Gasteiger partial charge is 0.243 e. The van der Waals surface area contributed by atoms with Crippen LogP contribution in [0.25, 0.3) is 0 Å². The molecule has 0 bridgehead atoms. The van der Waals surface area contributed by atoms with Crippen molar-refractivity contribution in [2.75, 3.05) is 0 Å². The fourth-order valence-electron chi connectivity index (χ4n) is 3.26. The lowest BCUT2D eigenvalue weighted by Crippen LogP contribution is -2.49. The number of carbonyl (C=O) groups is 1. The molecule has 0 fully saturated rings. The number of amides is 1. The van der Waals surface area contributed by atoms with Gasteiger partial charge >= 0.3 is 0 Å². The van der Waals surface area contributed by atoms with Gasteiger partial charge in [0.15, 0.2) is 14.6 Å². The van der Waals surface area contributed by atoms with Gasteiger partial charge in [0.25, 0.3) is 0 Å². The Balaban J connectivity index is 2.31. The van der Waals surface area contributed by atoms with E-state index in [0.717, 1.165) is 12.0 Å². The predicted octanol–water partition coefficient (Wildman–Crippen LogP) is 2.18. The van der Waals surface area contributed by atoms with Crippen LogP contribution in [0.5, 0.6) is 0 Å². The third kappa shape index (κ3) is 1.96. The molecule has 0 unspecified atom stereocenters. The first-order chi connectivity index (χ1) is 10.5. The topological polar surface area (TPSA) is 77.2 Å². The average Bonchev–Trinajstić information content (AvgIpc) is 2.54. The number of carbonyl (C=O) groups excluding carboxylic acids is 1. The number of primary amides is 1. The maximum absolute atomic E-state index is 13.2. The molecule has 1 aliphatic rings. The third-order valence-corrected chi connectivity index (χ3v) is 6.77. The van der Waals surface area contributed by atoms with Crippen molar-refractivity contribution in [2.45, 2.75) is 28.9 Å². The van der Waals surface area contributed by atoms with Crippen molar-refractivity contribution in [3.05, 3.63) is 65.7 Å². The van der Waals surface area contributed by atoms with Gasteiger partial charge in [0.1, 0.15) is 0 Å². The van der Waals surface area contributed by atoms with Gasteiger partial charge in [-0.15, -0.1) is 0 Å². The summed E-state index contributed by atoms with van der Waals surface area (Å²) in [5.74, 6) is -0.802. The number of aryl methyl sites for hydroxylation is 1. The Morgan fingerprint density at radius 1 is 1.00 bits per heavy atom. The monoisotopic (exact) mass is 315 g/mol. The van der Waals surface area contributed by atoms with Crippen molar-refractivity contribution in [1.29, 1.82) is 0 Å². The summed E-state index contributed by atoms with van der Waals surface area (Å²) >= 11 is 0. The van der Waals surface area contributed by atoms with Gasteiger partial charge in [0.05, 0.1) is 4.90 Å². The van der Waals surface area contributed by atoms with Crippen molar-refractivity contribution < 1.29 is 13.2 Å². The molecule has 1 atom stereocenters. The summed E-state index contributed by atoms with van der Waals surface area (Å²) in [6, 6.07) is 15.2. The fraction of sp³-hybridized carbons (Fsp3) is 0.235.